The highest BCUT2D eigenvalue weighted by Crippen LogP contribution is 2.14. The minimum atomic E-state index is -0.187. The van der Waals surface area contributed by atoms with Crippen LogP contribution in [-0.2, 0) is 4.79 Å². The zero-order valence-electron chi connectivity index (χ0n) is 6.79. The Bertz CT molecular complexity index is 196. The number of nitrogens with one attached hydrogen (secondary N) is 1. The van der Waals surface area contributed by atoms with Crippen molar-refractivity contribution in [2.75, 3.05) is 0 Å². The molecule has 3 nitrogen and oxygen atoms in total. The molecule has 0 aliphatic carbocycles. The number of rotatable bonds is 2. The van der Waals surface area contributed by atoms with Crippen LogP contribution in [0.4, 0.5) is 0 Å². The maximum atomic E-state index is 10.7. The molecule has 0 fully saturated rings. The molecule has 0 aromatic rings. The fourth-order valence-electron chi connectivity index (χ4n) is 1.17. The SMILES string of the molecule is CC(C)C[C@@H]1NC(=O)C=C1O. The van der Waals surface area contributed by atoms with Crippen LogP contribution in [0.5, 0.6) is 0 Å². The van der Waals surface area contributed by atoms with Gasteiger partial charge in [-0.25, -0.2) is 0 Å². The molecule has 3 heteroatoms. The summed E-state index contributed by atoms with van der Waals surface area (Å²) >= 11 is 0. The Balaban J connectivity index is 2.50. The van der Waals surface area contributed by atoms with Crippen molar-refractivity contribution in [2.24, 2.45) is 5.92 Å². The molecule has 1 amide bonds. The predicted molar refractivity (Wildman–Crippen MR) is 42.1 cm³/mol. The quantitative estimate of drug-likeness (QED) is 0.624. The summed E-state index contributed by atoms with van der Waals surface area (Å²) in [5.41, 5.74) is 0. The van der Waals surface area contributed by atoms with Gasteiger partial charge in [0.05, 0.1) is 6.04 Å². The molecule has 0 radical (unpaired) electrons. The Morgan fingerprint density at radius 3 is 2.73 bits per heavy atom. The maximum absolute atomic E-state index is 10.7. The molecule has 0 spiro atoms. The summed E-state index contributed by atoms with van der Waals surface area (Å²) in [6.45, 7) is 4.11. The van der Waals surface area contributed by atoms with Crippen LogP contribution in [0.25, 0.3) is 0 Å². The lowest BCUT2D eigenvalue weighted by atomic mass is 10.0. The minimum Gasteiger partial charge on any atom is -0.510 e. The summed E-state index contributed by atoms with van der Waals surface area (Å²) in [6, 6.07) is -0.150. The van der Waals surface area contributed by atoms with Gasteiger partial charge in [0.15, 0.2) is 0 Å². The van der Waals surface area contributed by atoms with Crippen molar-refractivity contribution in [3.8, 4) is 0 Å². The number of hydrogen-bond donors (Lipinski definition) is 2. The average molecular weight is 155 g/mol. The zero-order chi connectivity index (χ0) is 8.43. The Hall–Kier alpha value is -0.990. The summed E-state index contributed by atoms with van der Waals surface area (Å²) in [7, 11) is 0. The molecule has 1 heterocycles. The first kappa shape index (κ1) is 8.11. The topological polar surface area (TPSA) is 49.3 Å². The van der Waals surface area contributed by atoms with Gasteiger partial charge in [-0.3, -0.25) is 4.79 Å². The lowest BCUT2D eigenvalue weighted by Gasteiger charge is -2.13. The van der Waals surface area contributed by atoms with Crippen molar-refractivity contribution in [3.05, 3.63) is 11.8 Å². The first-order valence-electron chi connectivity index (χ1n) is 3.80. The van der Waals surface area contributed by atoms with E-state index < -0.39 is 0 Å². The molecule has 62 valence electrons. The Morgan fingerprint density at radius 2 is 2.36 bits per heavy atom. The van der Waals surface area contributed by atoms with Crippen LogP contribution in [0.2, 0.25) is 0 Å². The normalized spacial score (nSPS) is 23.7. The van der Waals surface area contributed by atoms with Crippen LogP contribution in [0.3, 0.4) is 0 Å². The molecule has 0 unspecified atom stereocenters. The van der Waals surface area contributed by atoms with Gasteiger partial charge in [-0.2, -0.15) is 0 Å². The third kappa shape index (κ3) is 1.97. The van der Waals surface area contributed by atoms with Crippen LogP contribution in [-0.4, -0.2) is 17.1 Å². The van der Waals surface area contributed by atoms with Crippen molar-refractivity contribution in [1.29, 1.82) is 0 Å². The first-order chi connectivity index (χ1) is 5.09. The van der Waals surface area contributed by atoms with Gasteiger partial charge in [-0.1, -0.05) is 13.8 Å². The van der Waals surface area contributed by atoms with Crippen LogP contribution in [0, 0.1) is 5.92 Å². The van der Waals surface area contributed by atoms with E-state index in [0.717, 1.165) is 6.42 Å². The van der Waals surface area contributed by atoms with E-state index in [1.165, 1.54) is 6.08 Å². The molecule has 0 aromatic heterocycles. The number of hydrogen-bond acceptors (Lipinski definition) is 2. The summed E-state index contributed by atoms with van der Waals surface area (Å²) in [5, 5.41) is 11.8. The lowest BCUT2D eigenvalue weighted by Crippen LogP contribution is -2.29. The van der Waals surface area contributed by atoms with E-state index in [4.69, 9.17) is 0 Å². The van der Waals surface area contributed by atoms with Gasteiger partial charge in [0, 0.05) is 6.08 Å². The molecular formula is C8H13NO2. The molecule has 0 saturated carbocycles. The van der Waals surface area contributed by atoms with E-state index in [0.29, 0.717) is 5.92 Å². The van der Waals surface area contributed by atoms with Crippen LogP contribution < -0.4 is 5.32 Å². The van der Waals surface area contributed by atoms with Crippen molar-refractivity contribution >= 4 is 5.91 Å². The van der Waals surface area contributed by atoms with Gasteiger partial charge in [0.25, 0.3) is 0 Å². The Morgan fingerprint density at radius 1 is 1.73 bits per heavy atom. The predicted octanol–water partition coefficient (Wildman–Crippen LogP) is 0.973. The van der Waals surface area contributed by atoms with Gasteiger partial charge < -0.3 is 10.4 Å². The molecule has 11 heavy (non-hydrogen) atoms. The molecule has 1 aliphatic rings. The molecule has 1 rings (SSSR count). The summed E-state index contributed by atoms with van der Waals surface area (Å²) in [5.74, 6) is 0.464. The van der Waals surface area contributed by atoms with Gasteiger partial charge in [0.1, 0.15) is 5.76 Å². The second kappa shape index (κ2) is 2.95. The lowest BCUT2D eigenvalue weighted by molar-refractivity contribution is -0.116. The van der Waals surface area contributed by atoms with E-state index in [9.17, 15) is 9.90 Å². The Kier molecular flexibility index (Phi) is 2.17. The molecular weight excluding hydrogens is 142 g/mol. The van der Waals surface area contributed by atoms with Crippen LogP contribution in [0.15, 0.2) is 11.8 Å². The van der Waals surface area contributed by atoms with E-state index in [2.05, 4.69) is 19.2 Å². The molecule has 0 saturated heterocycles. The number of aliphatic hydroxyl groups is 1. The molecule has 0 bridgehead atoms. The maximum Gasteiger partial charge on any atom is 0.248 e. The highest BCUT2D eigenvalue weighted by Gasteiger charge is 2.23. The largest absolute Gasteiger partial charge is 0.510 e. The van der Waals surface area contributed by atoms with Gasteiger partial charge >= 0.3 is 0 Å². The standard InChI is InChI=1S/C8H13NO2/c1-5(2)3-6-7(10)4-8(11)9-6/h4-6,10H,3H2,1-2H3,(H,9,11)/t6-/m0/s1. The van der Waals surface area contributed by atoms with Crippen LogP contribution >= 0.6 is 0 Å². The molecule has 1 aliphatic heterocycles. The number of carbonyl (C=O) groups is 1. The zero-order valence-corrected chi connectivity index (χ0v) is 6.79. The summed E-state index contributed by atoms with van der Waals surface area (Å²) in [4.78, 5) is 10.7. The summed E-state index contributed by atoms with van der Waals surface area (Å²) in [6.07, 6.45) is 2.04. The highest BCUT2D eigenvalue weighted by atomic mass is 16.3. The monoisotopic (exact) mass is 155 g/mol. The van der Waals surface area contributed by atoms with E-state index in [-0.39, 0.29) is 17.7 Å². The average Bonchev–Trinajstić information content (AvgIpc) is 2.09. The minimum absolute atomic E-state index is 0.150. The summed E-state index contributed by atoms with van der Waals surface area (Å²) < 4.78 is 0. The third-order valence-corrected chi connectivity index (χ3v) is 1.66. The van der Waals surface area contributed by atoms with E-state index in [1.807, 2.05) is 0 Å². The van der Waals surface area contributed by atoms with Crippen molar-refractivity contribution in [2.45, 2.75) is 26.3 Å². The molecule has 2 N–H and O–H groups in total. The number of amides is 1. The second-order valence-electron chi connectivity index (χ2n) is 3.26. The van der Waals surface area contributed by atoms with Gasteiger partial charge in [0.2, 0.25) is 5.91 Å². The third-order valence-electron chi connectivity index (χ3n) is 1.66. The first-order valence-corrected chi connectivity index (χ1v) is 3.80. The smallest absolute Gasteiger partial charge is 0.248 e. The fourth-order valence-corrected chi connectivity index (χ4v) is 1.17. The fraction of sp³-hybridized carbons (Fsp3) is 0.625. The van der Waals surface area contributed by atoms with Gasteiger partial charge in [-0.05, 0) is 12.3 Å². The number of carbonyl (C=O) groups excluding carboxylic acids is 1. The molecule has 0 aromatic carbocycles. The Labute approximate surface area is 66.1 Å². The van der Waals surface area contributed by atoms with E-state index in [1.54, 1.807) is 0 Å². The van der Waals surface area contributed by atoms with Gasteiger partial charge in [-0.15, -0.1) is 0 Å². The number of aliphatic hydroxyl groups excluding tert-OH is 1. The van der Waals surface area contributed by atoms with Crippen molar-refractivity contribution < 1.29 is 9.90 Å². The van der Waals surface area contributed by atoms with Crippen LogP contribution in [0.1, 0.15) is 20.3 Å². The highest BCUT2D eigenvalue weighted by molar-refractivity contribution is 5.91. The second-order valence-corrected chi connectivity index (χ2v) is 3.26. The molecule has 1 atom stereocenters. The van der Waals surface area contributed by atoms with E-state index >= 15 is 0 Å². The van der Waals surface area contributed by atoms with Crippen molar-refractivity contribution in [1.82, 2.24) is 5.32 Å². The van der Waals surface area contributed by atoms with Crippen molar-refractivity contribution in [3.63, 3.8) is 0 Å².